The number of benzene rings is 3. The van der Waals surface area contributed by atoms with Gasteiger partial charge in [0.2, 0.25) is 5.88 Å². The largest absolute Gasteiger partial charge is 0.481 e. The topological polar surface area (TPSA) is 154 Å². The molecular formula is C36H35FN6O5. The third kappa shape index (κ3) is 7.21. The van der Waals surface area contributed by atoms with Crippen LogP contribution < -0.4 is 15.0 Å². The van der Waals surface area contributed by atoms with Crippen LogP contribution in [0.25, 0.3) is 56.0 Å². The van der Waals surface area contributed by atoms with Crippen LogP contribution in [0.15, 0.2) is 71.1 Å². The highest BCUT2D eigenvalue weighted by Crippen LogP contribution is 2.41. The smallest absolute Gasteiger partial charge is 0.255 e. The van der Waals surface area contributed by atoms with E-state index in [1.54, 1.807) is 44.5 Å². The highest BCUT2D eigenvalue weighted by atomic mass is 19.1. The Balaban J connectivity index is 0.000000987. The van der Waals surface area contributed by atoms with Crippen LogP contribution in [0.2, 0.25) is 0 Å². The summed E-state index contributed by atoms with van der Waals surface area (Å²) in [5, 5.41) is 13.2. The Morgan fingerprint density at radius 1 is 0.958 bits per heavy atom. The molecule has 0 bridgehead atoms. The summed E-state index contributed by atoms with van der Waals surface area (Å²) < 4.78 is 25.1. The molecule has 11 nitrogen and oxygen atoms in total. The molecule has 3 heterocycles. The van der Waals surface area contributed by atoms with Crippen molar-refractivity contribution in [3.05, 3.63) is 83.7 Å². The molecule has 0 aliphatic carbocycles. The number of carbonyl (C=O) groups excluding carboxylic acids is 3. The van der Waals surface area contributed by atoms with E-state index in [0.717, 1.165) is 22.3 Å². The molecule has 0 unspecified atom stereocenters. The average Bonchev–Trinajstić information content (AvgIpc) is 3.74. The molecule has 6 aromatic rings. The molecule has 6 rings (SSSR count). The summed E-state index contributed by atoms with van der Waals surface area (Å²) >= 11 is 0. The van der Waals surface area contributed by atoms with Crippen LogP contribution in [0.5, 0.6) is 5.88 Å². The summed E-state index contributed by atoms with van der Waals surface area (Å²) in [5.41, 5.74) is 6.07. The van der Waals surface area contributed by atoms with Crippen molar-refractivity contribution >= 4 is 47.3 Å². The normalized spacial score (nSPS) is 9.96. The van der Waals surface area contributed by atoms with Crippen LogP contribution in [0, 0.1) is 17.1 Å². The van der Waals surface area contributed by atoms with Gasteiger partial charge in [-0.05, 0) is 60.2 Å². The number of anilines is 1. The van der Waals surface area contributed by atoms with Gasteiger partial charge >= 0.3 is 0 Å². The van der Waals surface area contributed by atoms with Crippen molar-refractivity contribution < 1.29 is 27.9 Å². The van der Waals surface area contributed by atoms with Gasteiger partial charge in [0, 0.05) is 61.0 Å². The second-order valence-electron chi connectivity index (χ2n) is 9.87. The summed E-state index contributed by atoms with van der Waals surface area (Å²) in [6.07, 6.45) is 0. The van der Waals surface area contributed by atoms with E-state index in [-0.39, 0.29) is 11.7 Å². The minimum Gasteiger partial charge on any atom is -0.481 e. The summed E-state index contributed by atoms with van der Waals surface area (Å²) in [5.74, 6) is 0.602. The summed E-state index contributed by atoms with van der Waals surface area (Å²) in [7, 11) is 6.90. The van der Waals surface area contributed by atoms with Crippen molar-refractivity contribution in [3.63, 3.8) is 0 Å². The van der Waals surface area contributed by atoms with Gasteiger partial charge in [0.25, 0.3) is 5.91 Å². The number of nitrogens with zero attached hydrogens (tertiary/aromatic N) is 4. The highest BCUT2D eigenvalue weighted by molar-refractivity contribution is 6.13. The second-order valence-corrected chi connectivity index (χ2v) is 9.87. The Kier molecular flexibility index (Phi) is 12.3. The number of fused-ring (bicyclic) bond motifs is 2. The fourth-order valence-corrected chi connectivity index (χ4v) is 5.00. The third-order valence-electron chi connectivity index (χ3n) is 7.02. The van der Waals surface area contributed by atoms with Gasteiger partial charge in [0.1, 0.15) is 36.6 Å². The van der Waals surface area contributed by atoms with E-state index >= 15 is 0 Å². The molecule has 0 saturated carbocycles. The number of aromatic amines is 1. The zero-order valence-electron chi connectivity index (χ0n) is 27.5. The number of pyridine rings is 1. The SMILES string of the molecule is C=O.C=O.CC.CNC(=O)c1c(-c2ccc(F)cc2)oc2cc(N(C)C)c(-c3cc(C#N)cc(-c4nc5nc(OC)ccc5[nH]4)c3)cc12. The van der Waals surface area contributed by atoms with E-state index < -0.39 is 0 Å². The first-order valence-corrected chi connectivity index (χ1v) is 14.6. The Morgan fingerprint density at radius 3 is 2.23 bits per heavy atom. The van der Waals surface area contributed by atoms with E-state index in [1.807, 2.05) is 70.7 Å². The number of halogens is 1. The molecule has 0 fully saturated rings. The number of imidazole rings is 1. The first-order valence-electron chi connectivity index (χ1n) is 14.6. The molecular weight excluding hydrogens is 615 g/mol. The quantitative estimate of drug-likeness (QED) is 0.198. The van der Waals surface area contributed by atoms with Crippen LogP contribution in [0.1, 0.15) is 29.8 Å². The number of aromatic nitrogens is 3. The lowest BCUT2D eigenvalue weighted by Crippen LogP contribution is -2.18. The molecule has 0 saturated heterocycles. The lowest BCUT2D eigenvalue weighted by molar-refractivity contribution is -0.0987. The van der Waals surface area contributed by atoms with Gasteiger partial charge in [-0.3, -0.25) is 4.79 Å². The first-order chi connectivity index (χ1) is 23.3. The molecule has 1 amide bonds. The first kappa shape index (κ1) is 36.1. The van der Waals surface area contributed by atoms with Gasteiger partial charge < -0.3 is 33.9 Å². The molecule has 3 aromatic heterocycles. The number of methoxy groups -OCH3 is 1. The molecule has 0 aliphatic heterocycles. The van der Waals surface area contributed by atoms with Gasteiger partial charge in [-0.25, -0.2) is 9.37 Å². The maximum atomic E-state index is 13.7. The Bertz CT molecular complexity index is 2080. The predicted octanol–water partition coefficient (Wildman–Crippen LogP) is 6.81. The lowest BCUT2D eigenvalue weighted by atomic mass is 9.95. The van der Waals surface area contributed by atoms with Crippen LogP contribution in [0.3, 0.4) is 0 Å². The standard InChI is InChI=1S/C32H25FN6O3.C2H6.2CH2O/c1-35-32(40)28-23-14-22(25(39(2)3)15-26(23)42-29(28)18-5-7-21(33)8-6-18)19-11-17(16-34)12-20(13-19)30-36-24-9-10-27(41-4)37-31(24)38-30;3*1-2/h5-15H,1-4H3,(H,35,40)(H,36,37,38);1-2H3;2*1H2. The van der Waals surface area contributed by atoms with E-state index in [4.69, 9.17) is 18.7 Å². The zero-order valence-corrected chi connectivity index (χ0v) is 27.5. The highest BCUT2D eigenvalue weighted by Gasteiger charge is 2.24. The molecule has 0 aliphatic rings. The number of furan rings is 1. The van der Waals surface area contributed by atoms with Gasteiger partial charge in [-0.15, -0.1) is 0 Å². The van der Waals surface area contributed by atoms with Crippen molar-refractivity contribution in [1.82, 2.24) is 20.3 Å². The van der Waals surface area contributed by atoms with Crippen molar-refractivity contribution in [2.75, 3.05) is 33.2 Å². The molecule has 0 atom stereocenters. The van der Waals surface area contributed by atoms with Crippen molar-refractivity contribution in [1.29, 1.82) is 5.26 Å². The summed E-state index contributed by atoms with van der Waals surface area (Å²) in [6.45, 7) is 8.00. The van der Waals surface area contributed by atoms with Gasteiger partial charge in [0.15, 0.2) is 5.65 Å². The minimum atomic E-state index is -0.388. The number of amides is 1. The van der Waals surface area contributed by atoms with Gasteiger partial charge in [-0.2, -0.15) is 10.2 Å². The molecule has 3 aromatic carbocycles. The van der Waals surface area contributed by atoms with E-state index in [1.165, 1.54) is 12.1 Å². The van der Waals surface area contributed by atoms with Crippen LogP contribution in [-0.2, 0) is 9.59 Å². The maximum Gasteiger partial charge on any atom is 0.255 e. The van der Waals surface area contributed by atoms with Crippen molar-refractivity contribution in [2.45, 2.75) is 13.8 Å². The fraction of sp³-hybridized carbons (Fsp3) is 0.167. The zero-order chi connectivity index (χ0) is 35.5. The van der Waals surface area contributed by atoms with E-state index in [2.05, 4.69) is 26.3 Å². The van der Waals surface area contributed by atoms with Crippen LogP contribution >= 0.6 is 0 Å². The summed E-state index contributed by atoms with van der Waals surface area (Å²) in [6, 6.07) is 20.9. The van der Waals surface area contributed by atoms with Crippen molar-refractivity contribution in [2.24, 2.45) is 0 Å². The lowest BCUT2D eigenvalue weighted by Gasteiger charge is -2.18. The fourth-order valence-electron chi connectivity index (χ4n) is 5.00. The monoisotopic (exact) mass is 650 g/mol. The van der Waals surface area contributed by atoms with Gasteiger partial charge in [0.05, 0.1) is 29.8 Å². The predicted molar refractivity (Wildman–Crippen MR) is 185 cm³/mol. The average molecular weight is 651 g/mol. The Morgan fingerprint density at radius 2 is 1.62 bits per heavy atom. The maximum absolute atomic E-state index is 13.7. The molecule has 48 heavy (non-hydrogen) atoms. The number of ether oxygens (including phenoxy) is 1. The van der Waals surface area contributed by atoms with E-state index in [0.29, 0.717) is 56.3 Å². The number of hydrogen-bond acceptors (Lipinski definition) is 9. The number of rotatable bonds is 6. The van der Waals surface area contributed by atoms with E-state index in [9.17, 15) is 14.4 Å². The van der Waals surface area contributed by atoms with Crippen LogP contribution in [0.4, 0.5) is 10.1 Å². The summed E-state index contributed by atoms with van der Waals surface area (Å²) in [4.78, 5) is 43.4. The Hall–Kier alpha value is -6.35. The van der Waals surface area contributed by atoms with Crippen molar-refractivity contribution in [3.8, 4) is 45.8 Å². The molecule has 12 heteroatoms. The Labute approximate surface area is 277 Å². The van der Waals surface area contributed by atoms with Crippen LogP contribution in [-0.4, -0.2) is 62.7 Å². The molecule has 0 radical (unpaired) electrons. The second kappa shape index (κ2) is 16.3. The molecule has 246 valence electrons. The third-order valence-corrected chi connectivity index (χ3v) is 7.02. The minimum absolute atomic E-state index is 0.333. The number of carbonyl (C=O) groups is 3. The number of nitriles is 1. The molecule has 0 spiro atoms. The number of H-pyrrole nitrogens is 1. The van der Waals surface area contributed by atoms with Gasteiger partial charge in [-0.1, -0.05) is 13.8 Å². The number of nitrogens with one attached hydrogen (secondary N) is 2. The number of hydrogen-bond donors (Lipinski definition) is 2. The molecule has 2 N–H and O–H groups in total.